The molecule has 8 nitrogen and oxygen atoms in total. The average molecular weight is 384 g/mol. The number of hydrogen-bond donors (Lipinski definition) is 1. The van der Waals surface area contributed by atoms with Crippen LogP contribution >= 0.6 is 0 Å². The highest BCUT2D eigenvalue weighted by molar-refractivity contribution is 5.95. The summed E-state index contributed by atoms with van der Waals surface area (Å²) < 4.78 is 10.8. The van der Waals surface area contributed by atoms with Gasteiger partial charge in [0.2, 0.25) is 0 Å². The molecule has 0 radical (unpaired) electrons. The van der Waals surface area contributed by atoms with Crippen molar-refractivity contribution in [3.05, 3.63) is 36.2 Å². The molecule has 8 heteroatoms. The maximum Gasteiger partial charge on any atom is 0.263 e. The molecule has 28 heavy (non-hydrogen) atoms. The van der Waals surface area contributed by atoms with Crippen molar-refractivity contribution in [2.24, 2.45) is 0 Å². The Labute approximate surface area is 163 Å². The fourth-order valence-electron chi connectivity index (χ4n) is 3.04. The minimum absolute atomic E-state index is 0.0733. The number of piperidine rings is 1. The van der Waals surface area contributed by atoms with Gasteiger partial charge in [0.25, 0.3) is 5.91 Å². The van der Waals surface area contributed by atoms with Crippen molar-refractivity contribution in [2.45, 2.75) is 26.2 Å². The molecule has 1 N–H and O–H groups in total. The Kier molecular flexibility index (Phi) is 6.41. The molecule has 0 aliphatic carbocycles. The largest absolute Gasteiger partial charge is 0.493 e. The zero-order valence-electron chi connectivity index (χ0n) is 16.1. The molecular weight excluding hydrogens is 360 g/mol. The van der Waals surface area contributed by atoms with Gasteiger partial charge in [0.15, 0.2) is 23.9 Å². The highest BCUT2D eigenvalue weighted by Gasteiger charge is 2.14. The molecule has 1 aromatic carbocycles. The third kappa shape index (κ3) is 4.97. The predicted octanol–water partition coefficient (Wildman–Crippen LogP) is 2.70. The van der Waals surface area contributed by atoms with E-state index in [9.17, 15) is 9.59 Å². The lowest BCUT2D eigenvalue weighted by Crippen LogP contribution is -2.30. The summed E-state index contributed by atoms with van der Waals surface area (Å²) in [4.78, 5) is 34.3. The third-order valence-corrected chi connectivity index (χ3v) is 4.53. The summed E-state index contributed by atoms with van der Waals surface area (Å²) in [5.41, 5.74) is 0.514. The lowest BCUT2D eigenvalue weighted by molar-refractivity contribution is -0.118. The van der Waals surface area contributed by atoms with Crippen molar-refractivity contribution < 1.29 is 19.1 Å². The second kappa shape index (κ2) is 9.16. The molecule has 0 bridgehead atoms. The summed E-state index contributed by atoms with van der Waals surface area (Å²) in [6, 6.07) is 6.60. The molecule has 3 rings (SSSR count). The zero-order valence-corrected chi connectivity index (χ0v) is 16.1. The van der Waals surface area contributed by atoms with Gasteiger partial charge in [-0.15, -0.1) is 0 Å². The normalized spacial score (nSPS) is 13.7. The van der Waals surface area contributed by atoms with Crippen LogP contribution in [0.3, 0.4) is 0 Å². The molecule has 148 valence electrons. The van der Waals surface area contributed by atoms with Gasteiger partial charge in [-0.25, -0.2) is 9.97 Å². The van der Waals surface area contributed by atoms with Crippen molar-refractivity contribution >= 4 is 23.3 Å². The molecule has 1 aliphatic rings. The number of anilines is 2. The third-order valence-electron chi connectivity index (χ3n) is 4.53. The Bertz CT molecular complexity index is 850. The standard InChI is InChI=1S/C20H24N4O4/c1-14(25)15-6-7-16(17(10-15)27-2)28-12-20(26)23-18-11-19(22-13-21-18)24-8-4-3-5-9-24/h6-7,10-11,13H,3-5,8-9,12H2,1-2H3,(H,21,22,23,26). The highest BCUT2D eigenvalue weighted by Crippen LogP contribution is 2.28. The van der Waals surface area contributed by atoms with E-state index < -0.39 is 0 Å². The van der Waals surface area contributed by atoms with Gasteiger partial charge in [0.1, 0.15) is 18.0 Å². The number of nitrogens with zero attached hydrogens (tertiary/aromatic N) is 3. The number of ketones is 1. The average Bonchev–Trinajstić information content (AvgIpc) is 2.73. The summed E-state index contributed by atoms with van der Waals surface area (Å²) in [5.74, 6) is 1.61. The van der Waals surface area contributed by atoms with E-state index >= 15 is 0 Å². The first kappa shape index (κ1) is 19.6. The second-order valence-corrected chi connectivity index (χ2v) is 6.57. The molecule has 0 spiro atoms. The topological polar surface area (TPSA) is 93.6 Å². The number of hydrogen-bond acceptors (Lipinski definition) is 7. The van der Waals surface area contributed by atoms with Crippen LogP contribution in [0.25, 0.3) is 0 Å². The number of methoxy groups -OCH3 is 1. The summed E-state index contributed by atoms with van der Waals surface area (Å²) in [5, 5.41) is 2.72. The van der Waals surface area contributed by atoms with Crippen LogP contribution in [0.1, 0.15) is 36.5 Å². The van der Waals surface area contributed by atoms with Crippen LogP contribution in [0.2, 0.25) is 0 Å². The lowest BCUT2D eigenvalue weighted by Gasteiger charge is -2.27. The Morgan fingerprint density at radius 1 is 1.11 bits per heavy atom. The fraction of sp³-hybridized carbons (Fsp3) is 0.400. The first-order valence-electron chi connectivity index (χ1n) is 9.25. The van der Waals surface area contributed by atoms with Gasteiger partial charge in [0, 0.05) is 24.7 Å². The molecule has 0 saturated carbocycles. The number of rotatable bonds is 7. The number of amides is 1. The molecule has 1 aromatic heterocycles. The summed E-state index contributed by atoms with van der Waals surface area (Å²) in [6.45, 7) is 3.19. The van der Waals surface area contributed by atoms with E-state index in [4.69, 9.17) is 9.47 Å². The molecule has 0 unspecified atom stereocenters. The van der Waals surface area contributed by atoms with Gasteiger partial charge in [-0.3, -0.25) is 9.59 Å². The predicted molar refractivity (Wildman–Crippen MR) is 105 cm³/mol. The highest BCUT2D eigenvalue weighted by atomic mass is 16.5. The van der Waals surface area contributed by atoms with Crippen LogP contribution in [0, 0.1) is 0 Å². The van der Waals surface area contributed by atoms with E-state index in [1.54, 1.807) is 24.3 Å². The summed E-state index contributed by atoms with van der Waals surface area (Å²) in [7, 11) is 1.48. The van der Waals surface area contributed by atoms with Crippen molar-refractivity contribution in [2.75, 3.05) is 37.0 Å². The van der Waals surface area contributed by atoms with E-state index in [0.29, 0.717) is 22.9 Å². The lowest BCUT2D eigenvalue weighted by atomic mass is 10.1. The Morgan fingerprint density at radius 3 is 2.61 bits per heavy atom. The number of benzene rings is 1. The van der Waals surface area contributed by atoms with Gasteiger partial charge in [-0.1, -0.05) is 0 Å². The minimum atomic E-state index is -0.346. The molecule has 2 aromatic rings. The molecule has 1 amide bonds. The number of carbonyl (C=O) groups is 2. The first-order chi connectivity index (χ1) is 13.6. The number of nitrogens with one attached hydrogen (secondary N) is 1. The Balaban J connectivity index is 1.59. The maximum absolute atomic E-state index is 12.2. The van der Waals surface area contributed by atoms with Gasteiger partial charge >= 0.3 is 0 Å². The molecule has 1 aliphatic heterocycles. The summed E-state index contributed by atoms with van der Waals surface area (Å²) in [6.07, 6.45) is 4.97. The number of Topliss-reactive ketones (excluding diaryl/α,β-unsaturated/α-hetero) is 1. The van der Waals surface area contributed by atoms with Crippen molar-refractivity contribution in [1.82, 2.24) is 9.97 Å². The molecule has 1 fully saturated rings. The van der Waals surface area contributed by atoms with E-state index in [1.165, 1.54) is 26.8 Å². The van der Waals surface area contributed by atoms with E-state index in [0.717, 1.165) is 31.7 Å². The van der Waals surface area contributed by atoms with Crippen LogP contribution in [0.5, 0.6) is 11.5 Å². The molecule has 0 atom stereocenters. The monoisotopic (exact) mass is 384 g/mol. The molecular formula is C20H24N4O4. The zero-order chi connectivity index (χ0) is 19.9. The number of aromatic nitrogens is 2. The molecule has 2 heterocycles. The van der Waals surface area contributed by atoms with Gasteiger partial charge < -0.3 is 19.7 Å². The number of carbonyl (C=O) groups excluding carboxylic acids is 2. The molecule has 1 saturated heterocycles. The minimum Gasteiger partial charge on any atom is -0.493 e. The summed E-state index contributed by atoms with van der Waals surface area (Å²) >= 11 is 0. The number of ether oxygens (including phenoxy) is 2. The van der Waals surface area contributed by atoms with Crippen LogP contribution < -0.4 is 19.7 Å². The van der Waals surface area contributed by atoms with Crippen LogP contribution in [-0.2, 0) is 4.79 Å². The maximum atomic E-state index is 12.2. The van der Waals surface area contributed by atoms with Crippen LogP contribution in [0.4, 0.5) is 11.6 Å². The van der Waals surface area contributed by atoms with Gasteiger partial charge in [-0.05, 0) is 44.4 Å². The smallest absolute Gasteiger partial charge is 0.263 e. The van der Waals surface area contributed by atoms with Crippen LogP contribution in [0.15, 0.2) is 30.6 Å². The quantitative estimate of drug-likeness (QED) is 0.734. The van der Waals surface area contributed by atoms with Crippen molar-refractivity contribution in [1.29, 1.82) is 0 Å². The van der Waals surface area contributed by atoms with Crippen molar-refractivity contribution in [3.63, 3.8) is 0 Å². The van der Waals surface area contributed by atoms with Crippen molar-refractivity contribution in [3.8, 4) is 11.5 Å². The van der Waals surface area contributed by atoms with Gasteiger partial charge in [0.05, 0.1) is 7.11 Å². The Hall–Kier alpha value is -3.16. The van der Waals surface area contributed by atoms with E-state index in [2.05, 4.69) is 20.2 Å². The SMILES string of the molecule is COc1cc(C(C)=O)ccc1OCC(=O)Nc1cc(N2CCCCC2)ncn1. The first-order valence-corrected chi connectivity index (χ1v) is 9.25. The van der Waals surface area contributed by atoms with E-state index in [-0.39, 0.29) is 18.3 Å². The van der Waals surface area contributed by atoms with Crippen LogP contribution in [-0.4, -0.2) is 48.5 Å². The van der Waals surface area contributed by atoms with E-state index in [1.807, 2.05) is 0 Å². The second-order valence-electron chi connectivity index (χ2n) is 6.57. The Morgan fingerprint density at radius 2 is 1.89 bits per heavy atom. The fourth-order valence-corrected chi connectivity index (χ4v) is 3.04. The van der Waals surface area contributed by atoms with Gasteiger partial charge in [-0.2, -0.15) is 0 Å².